The first kappa shape index (κ1) is 11.5. The second kappa shape index (κ2) is 4.60. The van der Waals surface area contributed by atoms with Gasteiger partial charge in [0.1, 0.15) is 0 Å². The van der Waals surface area contributed by atoms with E-state index in [1.165, 1.54) is 32.1 Å². The third kappa shape index (κ3) is 2.35. The van der Waals surface area contributed by atoms with Crippen LogP contribution in [0.1, 0.15) is 44.9 Å². The number of rotatable bonds is 2. The fraction of sp³-hybridized carbons (Fsp3) is 0.929. The molecule has 3 fully saturated rings. The first-order valence-electron chi connectivity index (χ1n) is 7.30. The molecule has 0 spiro atoms. The van der Waals surface area contributed by atoms with Crippen molar-refractivity contribution in [2.24, 2.45) is 23.5 Å². The summed E-state index contributed by atoms with van der Waals surface area (Å²) in [5, 5.41) is 0. The predicted octanol–water partition coefficient (Wildman–Crippen LogP) is 1.76. The van der Waals surface area contributed by atoms with Crippen LogP contribution in [0, 0.1) is 17.8 Å². The summed E-state index contributed by atoms with van der Waals surface area (Å²) in [6.07, 6.45) is 9.07. The van der Waals surface area contributed by atoms with Gasteiger partial charge in [0, 0.05) is 25.0 Å². The van der Waals surface area contributed by atoms with Gasteiger partial charge >= 0.3 is 0 Å². The SMILES string of the molecule is N[C@@H]1CCN(C(=O)[C@H]2C[C@@H]2C2CCCCC2)C1. The van der Waals surface area contributed by atoms with Crippen LogP contribution in [0.5, 0.6) is 0 Å². The number of hydrogen-bond donors (Lipinski definition) is 1. The molecule has 3 rings (SSSR count). The third-order valence-electron chi connectivity index (χ3n) is 4.95. The van der Waals surface area contributed by atoms with Crippen LogP contribution in [-0.2, 0) is 4.79 Å². The molecule has 3 atom stereocenters. The smallest absolute Gasteiger partial charge is 0.226 e. The Labute approximate surface area is 104 Å². The first-order chi connectivity index (χ1) is 8.25. The van der Waals surface area contributed by atoms with E-state index >= 15 is 0 Å². The Morgan fingerprint density at radius 1 is 1.12 bits per heavy atom. The molecule has 1 amide bonds. The van der Waals surface area contributed by atoms with E-state index in [0.717, 1.165) is 37.8 Å². The molecule has 1 heterocycles. The Balaban J connectivity index is 1.51. The average Bonchev–Trinajstić information content (AvgIpc) is 3.05. The zero-order valence-corrected chi connectivity index (χ0v) is 10.6. The molecular formula is C14H24N2O. The lowest BCUT2D eigenvalue weighted by Gasteiger charge is -2.22. The zero-order valence-electron chi connectivity index (χ0n) is 10.6. The normalized spacial score (nSPS) is 38.4. The molecule has 3 heteroatoms. The minimum atomic E-state index is 0.228. The quantitative estimate of drug-likeness (QED) is 0.794. The molecule has 3 aliphatic rings. The highest BCUT2D eigenvalue weighted by Crippen LogP contribution is 2.50. The van der Waals surface area contributed by atoms with Gasteiger partial charge < -0.3 is 10.6 Å². The monoisotopic (exact) mass is 236 g/mol. The Morgan fingerprint density at radius 2 is 1.88 bits per heavy atom. The highest BCUT2D eigenvalue weighted by Gasteiger charge is 2.49. The molecule has 0 aromatic carbocycles. The molecule has 1 saturated heterocycles. The highest BCUT2D eigenvalue weighted by atomic mass is 16.2. The van der Waals surface area contributed by atoms with Crippen molar-refractivity contribution in [2.75, 3.05) is 13.1 Å². The summed E-state index contributed by atoms with van der Waals surface area (Å²) >= 11 is 0. The number of nitrogens with zero attached hydrogens (tertiary/aromatic N) is 1. The molecule has 0 bridgehead atoms. The van der Waals surface area contributed by atoms with Crippen molar-refractivity contribution in [1.29, 1.82) is 0 Å². The van der Waals surface area contributed by atoms with Gasteiger partial charge in [-0.1, -0.05) is 32.1 Å². The molecular weight excluding hydrogens is 212 g/mol. The second-order valence-electron chi connectivity index (χ2n) is 6.24. The van der Waals surface area contributed by atoms with E-state index in [-0.39, 0.29) is 6.04 Å². The van der Waals surface area contributed by atoms with E-state index in [1.807, 2.05) is 4.90 Å². The molecule has 0 unspecified atom stereocenters. The zero-order chi connectivity index (χ0) is 11.8. The molecule has 0 aromatic heterocycles. The first-order valence-corrected chi connectivity index (χ1v) is 7.30. The lowest BCUT2D eigenvalue weighted by atomic mass is 9.85. The molecule has 17 heavy (non-hydrogen) atoms. The minimum absolute atomic E-state index is 0.228. The molecule has 96 valence electrons. The van der Waals surface area contributed by atoms with Crippen molar-refractivity contribution in [2.45, 2.75) is 51.0 Å². The Morgan fingerprint density at radius 3 is 2.53 bits per heavy atom. The van der Waals surface area contributed by atoms with Gasteiger partial charge in [0.25, 0.3) is 0 Å². The van der Waals surface area contributed by atoms with E-state index in [4.69, 9.17) is 5.73 Å². The highest BCUT2D eigenvalue weighted by molar-refractivity contribution is 5.82. The van der Waals surface area contributed by atoms with Crippen LogP contribution in [0.4, 0.5) is 0 Å². The summed E-state index contributed by atoms with van der Waals surface area (Å²) < 4.78 is 0. The average molecular weight is 236 g/mol. The molecule has 0 radical (unpaired) electrons. The van der Waals surface area contributed by atoms with Gasteiger partial charge in [-0.3, -0.25) is 4.79 Å². The van der Waals surface area contributed by atoms with Crippen molar-refractivity contribution in [3.8, 4) is 0 Å². The van der Waals surface area contributed by atoms with Crippen molar-refractivity contribution in [3.63, 3.8) is 0 Å². The molecule has 0 aromatic rings. The molecule has 1 aliphatic heterocycles. The van der Waals surface area contributed by atoms with Crippen LogP contribution in [0.2, 0.25) is 0 Å². The van der Waals surface area contributed by atoms with Crippen LogP contribution in [-0.4, -0.2) is 29.9 Å². The van der Waals surface area contributed by atoms with Crippen molar-refractivity contribution >= 4 is 5.91 Å². The largest absolute Gasteiger partial charge is 0.341 e. The van der Waals surface area contributed by atoms with E-state index in [1.54, 1.807) is 0 Å². The topological polar surface area (TPSA) is 46.3 Å². The lowest BCUT2D eigenvalue weighted by molar-refractivity contribution is -0.132. The number of hydrogen-bond acceptors (Lipinski definition) is 2. The predicted molar refractivity (Wildman–Crippen MR) is 67.3 cm³/mol. The van der Waals surface area contributed by atoms with Gasteiger partial charge in [0.15, 0.2) is 0 Å². The lowest BCUT2D eigenvalue weighted by Crippen LogP contribution is -2.33. The van der Waals surface area contributed by atoms with Gasteiger partial charge in [-0.05, 0) is 24.7 Å². The number of carbonyl (C=O) groups excluding carboxylic acids is 1. The summed E-state index contributed by atoms with van der Waals surface area (Å²) in [6, 6.07) is 0.228. The van der Waals surface area contributed by atoms with E-state index in [0.29, 0.717) is 11.8 Å². The summed E-state index contributed by atoms with van der Waals surface area (Å²) in [4.78, 5) is 14.3. The Bertz CT molecular complexity index is 299. The van der Waals surface area contributed by atoms with E-state index < -0.39 is 0 Å². The summed E-state index contributed by atoms with van der Waals surface area (Å²) in [7, 11) is 0. The van der Waals surface area contributed by atoms with E-state index in [2.05, 4.69) is 0 Å². The number of likely N-dealkylation sites (tertiary alicyclic amines) is 1. The van der Waals surface area contributed by atoms with Crippen LogP contribution in [0.25, 0.3) is 0 Å². The Kier molecular flexibility index (Phi) is 3.12. The summed E-state index contributed by atoms with van der Waals surface area (Å²) in [5.41, 5.74) is 5.87. The fourth-order valence-electron chi connectivity index (χ4n) is 3.80. The van der Waals surface area contributed by atoms with Crippen LogP contribution in [0.3, 0.4) is 0 Å². The van der Waals surface area contributed by atoms with E-state index in [9.17, 15) is 4.79 Å². The van der Waals surface area contributed by atoms with Gasteiger partial charge in [0.2, 0.25) is 5.91 Å². The number of amides is 1. The molecule has 2 aliphatic carbocycles. The van der Waals surface area contributed by atoms with Crippen LogP contribution < -0.4 is 5.73 Å². The van der Waals surface area contributed by atoms with Crippen molar-refractivity contribution < 1.29 is 4.79 Å². The molecule has 2 saturated carbocycles. The minimum Gasteiger partial charge on any atom is -0.341 e. The van der Waals surface area contributed by atoms with Gasteiger partial charge in [0.05, 0.1) is 0 Å². The second-order valence-corrected chi connectivity index (χ2v) is 6.24. The maximum atomic E-state index is 12.3. The van der Waals surface area contributed by atoms with Gasteiger partial charge in [-0.25, -0.2) is 0 Å². The van der Waals surface area contributed by atoms with Crippen molar-refractivity contribution in [3.05, 3.63) is 0 Å². The fourth-order valence-corrected chi connectivity index (χ4v) is 3.80. The van der Waals surface area contributed by atoms with Crippen LogP contribution >= 0.6 is 0 Å². The summed E-state index contributed by atoms with van der Waals surface area (Å²) in [6.45, 7) is 1.70. The maximum absolute atomic E-state index is 12.3. The number of nitrogens with two attached hydrogens (primary N) is 1. The summed E-state index contributed by atoms with van der Waals surface area (Å²) in [5.74, 6) is 2.35. The molecule has 3 nitrogen and oxygen atoms in total. The molecule has 2 N–H and O–H groups in total. The standard InChI is InChI=1S/C14H24N2O/c15-11-6-7-16(9-11)14(17)13-8-12(13)10-4-2-1-3-5-10/h10-13H,1-9,15H2/t11-,12-,13+/m1/s1. The van der Waals surface area contributed by atoms with Gasteiger partial charge in [-0.15, -0.1) is 0 Å². The van der Waals surface area contributed by atoms with Crippen molar-refractivity contribution in [1.82, 2.24) is 4.90 Å². The maximum Gasteiger partial charge on any atom is 0.226 e. The Hall–Kier alpha value is -0.570. The van der Waals surface area contributed by atoms with Gasteiger partial charge in [-0.2, -0.15) is 0 Å². The number of carbonyl (C=O) groups is 1. The van der Waals surface area contributed by atoms with Crippen LogP contribution in [0.15, 0.2) is 0 Å². The third-order valence-corrected chi connectivity index (χ3v) is 4.95.